The molecular weight excluding hydrogens is 198 g/mol. The molecule has 0 saturated carbocycles. The molecule has 1 aromatic heterocycles. The van der Waals surface area contributed by atoms with E-state index < -0.39 is 0 Å². The zero-order valence-electron chi connectivity index (χ0n) is 8.50. The Morgan fingerprint density at radius 3 is 2.86 bits per heavy atom. The maximum Gasteiger partial charge on any atom is 0.269 e. The standard InChI is InChI=1S/C9H13N3OS/c1-4-14-9-11-6(2)5-7(12-9)8(13)10-3/h5H,4H2,1-3H3,(H,10,13). The summed E-state index contributed by atoms with van der Waals surface area (Å²) < 4.78 is 0. The molecule has 0 radical (unpaired) electrons. The molecule has 0 atom stereocenters. The van der Waals surface area contributed by atoms with E-state index in [1.165, 1.54) is 11.8 Å². The number of nitrogens with one attached hydrogen (secondary N) is 1. The van der Waals surface area contributed by atoms with Crippen molar-refractivity contribution in [2.24, 2.45) is 0 Å². The lowest BCUT2D eigenvalue weighted by Crippen LogP contribution is -2.20. The topological polar surface area (TPSA) is 54.9 Å². The summed E-state index contributed by atoms with van der Waals surface area (Å²) >= 11 is 1.53. The van der Waals surface area contributed by atoms with E-state index in [4.69, 9.17) is 0 Å². The third-order valence-corrected chi connectivity index (χ3v) is 2.30. The Hall–Kier alpha value is -1.10. The number of rotatable bonds is 3. The Morgan fingerprint density at radius 2 is 2.29 bits per heavy atom. The lowest BCUT2D eigenvalue weighted by atomic mass is 10.3. The fraction of sp³-hybridized carbons (Fsp3) is 0.444. The van der Waals surface area contributed by atoms with Crippen molar-refractivity contribution in [1.29, 1.82) is 0 Å². The normalized spacial score (nSPS) is 9.93. The van der Waals surface area contributed by atoms with Crippen LogP contribution in [0.5, 0.6) is 0 Å². The minimum absolute atomic E-state index is 0.173. The smallest absolute Gasteiger partial charge is 0.269 e. The molecule has 0 aliphatic heterocycles. The highest BCUT2D eigenvalue weighted by atomic mass is 32.2. The Balaban J connectivity index is 3.00. The fourth-order valence-corrected chi connectivity index (χ4v) is 1.61. The summed E-state index contributed by atoms with van der Waals surface area (Å²) in [6, 6.07) is 1.68. The number of thioether (sulfide) groups is 1. The van der Waals surface area contributed by atoms with Gasteiger partial charge in [-0.25, -0.2) is 9.97 Å². The highest BCUT2D eigenvalue weighted by Crippen LogP contribution is 2.13. The largest absolute Gasteiger partial charge is 0.354 e. The summed E-state index contributed by atoms with van der Waals surface area (Å²) in [6.07, 6.45) is 0. The van der Waals surface area contributed by atoms with Crippen LogP contribution in [0.1, 0.15) is 23.1 Å². The fourth-order valence-electron chi connectivity index (χ4n) is 0.979. The van der Waals surface area contributed by atoms with Crippen LogP contribution < -0.4 is 5.32 Å². The monoisotopic (exact) mass is 211 g/mol. The van der Waals surface area contributed by atoms with Gasteiger partial charge in [-0.15, -0.1) is 0 Å². The number of carbonyl (C=O) groups excluding carboxylic acids is 1. The van der Waals surface area contributed by atoms with Crippen molar-refractivity contribution in [1.82, 2.24) is 15.3 Å². The van der Waals surface area contributed by atoms with Crippen LogP contribution in [0.4, 0.5) is 0 Å². The molecule has 1 aromatic rings. The third-order valence-electron chi connectivity index (χ3n) is 1.57. The second-order valence-electron chi connectivity index (χ2n) is 2.69. The molecule has 14 heavy (non-hydrogen) atoms. The van der Waals surface area contributed by atoms with E-state index in [1.807, 2.05) is 13.8 Å². The highest BCUT2D eigenvalue weighted by Gasteiger charge is 2.08. The van der Waals surface area contributed by atoms with Crippen molar-refractivity contribution in [2.45, 2.75) is 19.0 Å². The first-order valence-corrected chi connectivity index (χ1v) is 5.36. The van der Waals surface area contributed by atoms with Gasteiger partial charge in [0, 0.05) is 12.7 Å². The molecule has 0 saturated heterocycles. The average molecular weight is 211 g/mol. The summed E-state index contributed by atoms with van der Waals surface area (Å²) in [5, 5.41) is 3.20. The van der Waals surface area contributed by atoms with Gasteiger partial charge >= 0.3 is 0 Å². The van der Waals surface area contributed by atoms with Crippen LogP contribution in [0.2, 0.25) is 0 Å². The number of amides is 1. The van der Waals surface area contributed by atoms with Gasteiger partial charge in [0.25, 0.3) is 5.91 Å². The SMILES string of the molecule is CCSc1nc(C)cc(C(=O)NC)n1. The summed E-state index contributed by atoms with van der Waals surface area (Å²) in [6.45, 7) is 3.88. The number of carbonyl (C=O) groups is 1. The van der Waals surface area contributed by atoms with E-state index in [9.17, 15) is 4.79 Å². The molecule has 0 fully saturated rings. The summed E-state index contributed by atoms with van der Waals surface area (Å²) in [4.78, 5) is 19.7. The summed E-state index contributed by atoms with van der Waals surface area (Å²) in [5.74, 6) is 0.727. The van der Waals surface area contributed by atoms with Gasteiger partial charge in [0.1, 0.15) is 5.69 Å². The van der Waals surface area contributed by atoms with Crippen LogP contribution in [0.3, 0.4) is 0 Å². The molecule has 5 heteroatoms. The number of aryl methyl sites for hydroxylation is 1. The predicted molar refractivity (Wildman–Crippen MR) is 56.6 cm³/mol. The molecular formula is C9H13N3OS. The number of aromatic nitrogens is 2. The molecule has 0 aromatic carbocycles. The molecule has 0 spiro atoms. The molecule has 1 rings (SSSR count). The van der Waals surface area contributed by atoms with Crippen LogP contribution in [-0.4, -0.2) is 28.7 Å². The van der Waals surface area contributed by atoms with Crippen LogP contribution in [0, 0.1) is 6.92 Å². The van der Waals surface area contributed by atoms with Crippen LogP contribution >= 0.6 is 11.8 Å². The van der Waals surface area contributed by atoms with Crippen molar-refractivity contribution >= 4 is 17.7 Å². The van der Waals surface area contributed by atoms with Gasteiger partial charge in [0.05, 0.1) is 0 Å². The van der Waals surface area contributed by atoms with Gasteiger partial charge < -0.3 is 5.32 Å². The Kier molecular flexibility index (Phi) is 3.88. The molecule has 1 N–H and O–H groups in total. The Labute approximate surface area is 87.5 Å². The second kappa shape index (κ2) is 4.95. The van der Waals surface area contributed by atoms with Crippen molar-refractivity contribution in [3.05, 3.63) is 17.5 Å². The van der Waals surface area contributed by atoms with Gasteiger partial charge in [-0.2, -0.15) is 0 Å². The van der Waals surface area contributed by atoms with Crippen molar-refractivity contribution < 1.29 is 4.79 Å². The Bertz CT molecular complexity index is 341. The molecule has 0 unspecified atom stereocenters. The molecule has 4 nitrogen and oxygen atoms in total. The zero-order valence-corrected chi connectivity index (χ0v) is 9.31. The van der Waals surface area contributed by atoms with E-state index in [-0.39, 0.29) is 5.91 Å². The van der Waals surface area contributed by atoms with Gasteiger partial charge in [0.15, 0.2) is 5.16 Å². The zero-order chi connectivity index (χ0) is 10.6. The second-order valence-corrected chi connectivity index (χ2v) is 3.92. The van der Waals surface area contributed by atoms with E-state index in [2.05, 4.69) is 15.3 Å². The average Bonchev–Trinajstić information content (AvgIpc) is 2.16. The molecule has 0 aliphatic carbocycles. The first kappa shape index (κ1) is 11.0. The van der Waals surface area contributed by atoms with Gasteiger partial charge in [0.2, 0.25) is 0 Å². The van der Waals surface area contributed by atoms with Gasteiger partial charge in [-0.05, 0) is 18.7 Å². The van der Waals surface area contributed by atoms with E-state index in [0.29, 0.717) is 10.9 Å². The van der Waals surface area contributed by atoms with Crippen molar-refractivity contribution in [3.63, 3.8) is 0 Å². The maximum atomic E-state index is 11.3. The lowest BCUT2D eigenvalue weighted by molar-refractivity contribution is 0.0957. The molecule has 1 heterocycles. The number of hydrogen-bond donors (Lipinski definition) is 1. The minimum Gasteiger partial charge on any atom is -0.354 e. The van der Waals surface area contributed by atoms with Crippen LogP contribution in [0.25, 0.3) is 0 Å². The summed E-state index contributed by atoms with van der Waals surface area (Å²) in [7, 11) is 1.59. The summed E-state index contributed by atoms with van der Waals surface area (Å²) in [5.41, 5.74) is 1.24. The van der Waals surface area contributed by atoms with Gasteiger partial charge in [-0.3, -0.25) is 4.79 Å². The van der Waals surface area contributed by atoms with Crippen molar-refractivity contribution in [3.8, 4) is 0 Å². The van der Waals surface area contributed by atoms with Crippen molar-refractivity contribution in [2.75, 3.05) is 12.8 Å². The quantitative estimate of drug-likeness (QED) is 0.604. The predicted octanol–water partition coefficient (Wildman–Crippen LogP) is 1.26. The first-order chi connectivity index (χ1) is 6.67. The molecule has 0 aliphatic rings. The van der Waals surface area contributed by atoms with E-state index in [1.54, 1.807) is 13.1 Å². The maximum absolute atomic E-state index is 11.3. The van der Waals surface area contributed by atoms with E-state index in [0.717, 1.165) is 11.4 Å². The Morgan fingerprint density at radius 1 is 1.57 bits per heavy atom. The molecule has 1 amide bonds. The molecule has 76 valence electrons. The van der Waals surface area contributed by atoms with E-state index >= 15 is 0 Å². The van der Waals surface area contributed by atoms with Crippen LogP contribution in [0.15, 0.2) is 11.2 Å². The molecule has 0 bridgehead atoms. The highest BCUT2D eigenvalue weighted by molar-refractivity contribution is 7.99. The minimum atomic E-state index is -0.173. The van der Waals surface area contributed by atoms with Gasteiger partial charge in [-0.1, -0.05) is 18.7 Å². The number of nitrogens with zero attached hydrogens (tertiary/aromatic N) is 2. The first-order valence-electron chi connectivity index (χ1n) is 4.38. The third kappa shape index (κ3) is 2.70. The van der Waals surface area contributed by atoms with Crippen LogP contribution in [-0.2, 0) is 0 Å². The lowest BCUT2D eigenvalue weighted by Gasteiger charge is -2.03. The number of hydrogen-bond acceptors (Lipinski definition) is 4.